The lowest BCUT2D eigenvalue weighted by Crippen LogP contribution is -2.64. The summed E-state index contributed by atoms with van der Waals surface area (Å²) < 4.78 is 20.5. The number of likely N-dealkylation sites (N-methyl/N-ethyl adjacent to an activating group) is 1. The number of likely N-dealkylation sites (tertiary alicyclic amines) is 1. The molecule has 17 heteroatoms. The Kier molecular flexibility index (Phi) is 15.4. The van der Waals surface area contributed by atoms with E-state index in [4.69, 9.17) is 19.2 Å². The number of rotatable bonds is 9. The number of aromatic nitrogens is 2. The first-order valence-electron chi connectivity index (χ1n) is 25.4. The zero-order chi connectivity index (χ0) is 50.1. The predicted molar refractivity (Wildman–Crippen MR) is 266 cm³/mol. The molecule has 8 rings (SSSR count). The monoisotopic (exact) mass is 966 g/mol. The summed E-state index contributed by atoms with van der Waals surface area (Å²) in [6.45, 7) is 20.2. The van der Waals surface area contributed by atoms with Crippen LogP contribution in [0, 0.1) is 11.3 Å². The zero-order valence-corrected chi connectivity index (χ0v) is 42.6. The van der Waals surface area contributed by atoms with Gasteiger partial charge in [0.2, 0.25) is 11.8 Å². The Labute approximate surface area is 413 Å². The lowest BCUT2D eigenvalue weighted by atomic mass is 9.83. The van der Waals surface area contributed by atoms with E-state index in [1.54, 1.807) is 24.0 Å². The number of hydrogen-bond donors (Lipinski definition) is 2. The Balaban J connectivity index is 1.09. The standard InChI is InChI=1S/C53H75N9O8/c1-10-44(63)60-31-53(70-33-60)20-25-59(26-21-53)51(67)57(8)46(34(3)4)48(64)55-42-30-58-23-13-15-37(29-58)36-18-19-43-39(27-36)40(47(61(43)11-2)38-16-12-22-54-45(38)35(5)68-9)28-52(6,7)32-69-50(66)41-17-14-24-62(56-41)49(42)65/h10,12,16,18-19,22,27,34-35,37,41-42,46,56H,1,11,13-15,17,20-21,23-26,28-33H2,2-9H3,(H,55,64)/t35-,37-,41-,42-,46-/m0/s1. The number of hydrogen-bond acceptors (Lipinski definition) is 11. The van der Waals surface area contributed by atoms with Crippen molar-refractivity contribution in [2.75, 3.05) is 73.3 Å². The molecule has 6 bridgehead atoms. The molecule has 5 aliphatic heterocycles. The number of amides is 5. The number of esters is 1. The summed E-state index contributed by atoms with van der Waals surface area (Å²) in [4.78, 5) is 82.0. The third-order valence-electron chi connectivity index (χ3n) is 15.4. The molecule has 5 amide bonds. The fraction of sp³-hybridized carbons (Fsp3) is 0.623. The van der Waals surface area contributed by atoms with Crippen molar-refractivity contribution in [3.8, 4) is 11.3 Å². The highest BCUT2D eigenvalue weighted by molar-refractivity contribution is 5.94. The number of nitrogens with zero attached hydrogens (tertiary/aromatic N) is 7. The molecule has 1 unspecified atom stereocenters. The molecule has 1 aromatic carbocycles. The number of benzene rings is 1. The average molecular weight is 966 g/mol. The average Bonchev–Trinajstić information content (AvgIpc) is 3.91. The van der Waals surface area contributed by atoms with Gasteiger partial charge in [0.05, 0.1) is 36.2 Å². The van der Waals surface area contributed by atoms with Gasteiger partial charge in [-0.1, -0.05) is 40.3 Å². The highest BCUT2D eigenvalue weighted by Crippen LogP contribution is 2.42. The summed E-state index contributed by atoms with van der Waals surface area (Å²) in [6.07, 6.45) is 7.52. The van der Waals surface area contributed by atoms with Crippen LogP contribution in [0.5, 0.6) is 0 Å². The Morgan fingerprint density at radius 2 is 1.80 bits per heavy atom. The molecule has 0 aliphatic carbocycles. The summed E-state index contributed by atoms with van der Waals surface area (Å²) in [6, 6.07) is 8.02. The van der Waals surface area contributed by atoms with Crippen LogP contribution < -0.4 is 10.7 Å². The molecule has 380 valence electrons. The van der Waals surface area contributed by atoms with Crippen LogP contribution in [0.2, 0.25) is 0 Å². The zero-order valence-electron chi connectivity index (χ0n) is 42.6. The third kappa shape index (κ3) is 10.5. The van der Waals surface area contributed by atoms with Crippen molar-refractivity contribution >= 4 is 40.6 Å². The molecule has 0 radical (unpaired) electrons. The predicted octanol–water partition coefficient (Wildman–Crippen LogP) is 5.63. The van der Waals surface area contributed by atoms with Crippen LogP contribution in [0.15, 0.2) is 49.2 Å². The number of hydrazine groups is 1. The van der Waals surface area contributed by atoms with Gasteiger partial charge in [0.25, 0.3) is 5.91 Å². The number of methoxy groups -OCH3 is 1. The lowest BCUT2D eigenvalue weighted by Gasteiger charge is -2.42. The Bertz CT molecular complexity index is 2440. The molecule has 5 aliphatic rings. The van der Waals surface area contributed by atoms with E-state index < -0.39 is 41.0 Å². The van der Waals surface area contributed by atoms with Gasteiger partial charge in [0.1, 0.15) is 24.9 Å². The Morgan fingerprint density at radius 1 is 1.04 bits per heavy atom. The van der Waals surface area contributed by atoms with Crippen LogP contribution in [0.25, 0.3) is 22.2 Å². The quantitative estimate of drug-likeness (QED) is 0.201. The topological polar surface area (TPSA) is 171 Å². The van der Waals surface area contributed by atoms with Gasteiger partial charge in [-0.3, -0.25) is 29.2 Å². The summed E-state index contributed by atoms with van der Waals surface area (Å²) >= 11 is 0. The number of nitrogens with one attached hydrogen (secondary N) is 2. The van der Waals surface area contributed by atoms with Crippen LogP contribution in [0.3, 0.4) is 0 Å². The largest absolute Gasteiger partial charge is 0.464 e. The fourth-order valence-corrected chi connectivity index (χ4v) is 11.6. The fourth-order valence-electron chi connectivity index (χ4n) is 11.6. The minimum Gasteiger partial charge on any atom is -0.464 e. The van der Waals surface area contributed by atoms with Crippen LogP contribution in [0.1, 0.15) is 109 Å². The minimum absolute atomic E-state index is 0.158. The van der Waals surface area contributed by atoms with E-state index in [-0.39, 0.29) is 55.7 Å². The second kappa shape index (κ2) is 21.2. The normalized spacial score (nSPS) is 24.8. The highest BCUT2D eigenvalue weighted by atomic mass is 16.5. The van der Waals surface area contributed by atoms with Gasteiger partial charge in [0.15, 0.2) is 0 Å². The molecule has 2 aromatic heterocycles. The third-order valence-corrected chi connectivity index (χ3v) is 15.4. The lowest BCUT2D eigenvalue weighted by molar-refractivity contribution is -0.155. The summed E-state index contributed by atoms with van der Waals surface area (Å²) in [5.74, 6) is -1.51. The summed E-state index contributed by atoms with van der Waals surface area (Å²) in [7, 11) is 3.35. The number of carbonyl (C=O) groups excluding carboxylic acids is 5. The van der Waals surface area contributed by atoms with Gasteiger partial charge in [-0.15, -0.1) is 0 Å². The number of cyclic esters (lactones) is 1. The van der Waals surface area contributed by atoms with E-state index in [0.717, 1.165) is 53.8 Å². The van der Waals surface area contributed by atoms with Gasteiger partial charge in [-0.2, -0.15) is 0 Å². The molecule has 6 atom stereocenters. The van der Waals surface area contributed by atoms with E-state index in [2.05, 4.69) is 71.8 Å². The van der Waals surface area contributed by atoms with E-state index in [1.165, 1.54) is 27.1 Å². The molecule has 0 saturated carbocycles. The molecule has 4 saturated heterocycles. The number of ether oxygens (including phenoxy) is 3. The van der Waals surface area contributed by atoms with Gasteiger partial charge >= 0.3 is 12.0 Å². The van der Waals surface area contributed by atoms with Crippen LogP contribution in [0.4, 0.5) is 4.79 Å². The first-order chi connectivity index (χ1) is 33.5. The van der Waals surface area contributed by atoms with E-state index in [0.29, 0.717) is 64.8 Å². The maximum absolute atomic E-state index is 14.8. The number of fused-ring (bicyclic) bond motifs is 6. The van der Waals surface area contributed by atoms with Gasteiger partial charge in [-0.05, 0) is 119 Å². The molecule has 70 heavy (non-hydrogen) atoms. The number of piperidine rings is 2. The molecule has 17 nitrogen and oxygen atoms in total. The highest BCUT2D eigenvalue weighted by Gasteiger charge is 2.45. The SMILES string of the molecule is C=CC(=O)N1COC2(CCN(C(=O)N(C)[C@H](C(=O)N[C@H]3CN4CCC[C@@H](C4)c4ccc5c(c4)c(c(-c4cccnc4[C@H](C)OC)n5CC)CC(C)(C)COC(=O)[C@@H]4CCCN(N4)C3=O)C(C)C)CC2)C1. The number of pyridine rings is 1. The van der Waals surface area contributed by atoms with Crippen molar-refractivity contribution in [3.05, 3.63) is 66.0 Å². The first kappa shape index (κ1) is 51.0. The van der Waals surface area contributed by atoms with Crippen molar-refractivity contribution in [2.45, 2.75) is 129 Å². The molecule has 3 aromatic rings. The van der Waals surface area contributed by atoms with Gasteiger partial charge < -0.3 is 43.7 Å². The van der Waals surface area contributed by atoms with Crippen molar-refractivity contribution in [1.29, 1.82) is 0 Å². The Morgan fingerprint density at radius 3 is 2.51 bits per heavy atom. The molecule has 1 spiro atoms. The number of carbonyl (C=O) groups is 5. The smallest absolute Gasteiger partial charge is 0.324 e. The van der Waals surface area contributed by atoms with Crippen molar-refractivity contribution in [2.24, 2.45) is 11.3 Å². The van der Waals surface area contributed by atoms with Crippen LogP contribution >= 0.6 is 0 Å². The Hall–Kier alpha value is -5.36. The molecular formula is C53H75N9O8. The van der Waals surface area contributed by atoms with Crippen LogP contribution in [-0.4, -0.2) is 161 Å². The second-order valence-electron chi connectivity index (χ2n) is 21.4. The van der Waals surface area contributed by atoms with Crippen molar-refractivity contribution in [3.63, 3.8) is 0 Å². The molecule has 2 N–H and O–H groups in total. The summed E-state index contributed by atoms with van der Waals surface area (Å²) in [5.41, 5.74) is 8.66. The first-order valence-corrected chi connectivity index (χ1v) is 25.4. The van der Waals surface area contributed by atoms with Crippen molar-refractivity contribution in [1.82, 2.24) is 44.9 Å². The summed E-state index contributed by atoms with van der Waals surface area (Å²) in [5, 5.41) is 5.78. The number of aryl methyl sites for hydroxylation is 1. The van der Waals surface area contributed by atoms with Crippen molar-refractivity contribution < 1.29 is 38.2 Å². The maximum Gasteiger partial charge on any atom is 0.324 e. The van der Waals surface area contributed by atoms with E-state index in [1.807, 2.05) is 33.0 Å². The number of urea groups is 1. The molecule has 7 heterocycles. The van der Waals surface area contributed by atoms with E-state index >= 15 is 0 Å². The van der Waals surface area contributed by atoms with E-state index in [9.17, 15) is 24.0 Å². The van der Waals surface area contributed by atoms with Crippen LogP contribution in [-0.2, 0) is 46.4 Å². The minimum atomic E-state index is -0.981. The van der Waals surface area contributed by atoms with Gasteiger partial charge in [-0.25, -0.2) is 10.2 Å². The molecular weight excluding hydrogens is 891 g/mol. The molecule has 4 fully saturated rings. The van der Waals surface area contributed by atoms with Gasteiger partial charge in [0, 0.05) is 81.5 Å². The maximum atomic E-state index is 14.8. The second-order valence-corrected chi connectivity index (χ2v) is 21.4.